The molecule has 1 N–H and O–H groups in total. The van der Waals surface area contributed by atoms with Crippen LogP contribution in [0.4, 0.5) is 5.69 Å². The number of nitrogens with one attached hydrogen (secondary N) is 1. The van der Waals surface area contributed by atoms with E-state index in [-0.39, 0.29) is 11.7 Å². The van der Waals surface area contributed by atoms with Crippen LogP contribution in [-0.2, 0) is 11.3 Å². The SMILES string of the molecule is CC(C)(C)C(=O)c1c[nH]c2ncc(-c3ccc4c(c3)N(Cc3ccccc3)C(=O)C(C)(C)O4)nc12. The molecular weight excluding hydrogens is 440 g/mol. The molecule has 7 heteroatoms. The van der Waals surface area contributed by atoms with Crippen molar-refractivity contribution in [3.8, 4) is 17.0 Å². The summed E-state index contributed by atoms with van der Waals surface area (Å²) in [4.78, 5) is 40.4. The first-order chi connectivity index (χ1) is 16.5. The van der Waals surface area contributed by atoms with Crippen molar-refractivity contribution in [1.29, 1.82) is 0 Å². The topological polar surface area (TPSA) is 88.2 Å². The number of rotatable bonds is 4. The molecule has 0 saturated heterocycles. The van der Waals surface area contributed by atoms with Crippen LogP contribution in [0.25, 0.3) is 22.4 Å². The molecule has 0 radical (unpaired) electrons. The van der Waals surface area contributed by atoms with E-state index in [1.165, 1.54) is 0 Å². The molecule has 1 aliphatic rings. The molecule has 2 aromatic carbocycles. The van der Waals surface area contributed by atoms with Crippen molar-refractivity contribution in [2.75, 3.05) is 4.90 Å². The van der Waals surface area contributed by atoms with Gasteiger partial charge in [0.2, 0.25) is 0 Å². The molecule has 0 aliphatic carbocycles. The quantitative estimate of drug-likeness (QED) is 0.396. The number of aromatic nitrogens is 3. The zero-order chi connectivity index (χ0) is 25.0. The number of amides is 1. The summed E-state index contributed by atoms with van der Waals surface area (Å²) < 4.78 is 6.06. The molecule has 0 unspecified atom stereocenters. The highest BCUT2D eigenvalue weighted by atomic mass is 16.5. The lowest BCUT2D eigenvalue weighted by molar-refractivity contribution is -0.132. The lowest BCUT2D eigenvalue weighted by atomic mass is 9.87. The third kappa shape index (κ3) is 4.07. The highest BCUT2D eigenvalue weighted by Gasteiger charge is 2.41. The molecule has 5 rings (SSSR count). The smallest absolute Gasteiger partial charge is 0.271 e. The van der Waals surface area contributed by atoms with Gasteiger partial charge in [-0.25, -0.2) is 9.97 Å². The van der Waals surface area contributed by atoms with Crippen molar-refractivity contribution >= 4 is 28.5 Å². The van der Waals surface area contributed by atoms with E-state index in [2.05, 4.69) is 9.97 Å². The van der Waals surface area contributed by atoms with Gasteiger partial charge in [0.25, 0.3) is 5.91 Å². The summed E-state index contributed by atoms with van der Waals surface area (Å²) in [7, 11) is 0. The van der Waals surface area contributed by atoms with Gasteiger partial charge in [0.1, 0.15) is 11.3 Å². The van der Waals surface area contributed by atoms with Gasteiger partial charge in [-0.3, -0.25) is 9.59 Å². The molecule has 0 bridgehead atoms. The molecule has 0 spiro atoms. The van der Waals surface area contributed by atoms with Crippen molar-refractivity contribution in [1.82, 2.24) is 15.0 Å². The average molecular weight is 469 g/mol. The van der Waals surface area contributed by atoms with Crippen LogP contribution in [0.3, 0.4) is 0 Å². The van der Waals surface area contributed by atoms with Gasteiger partial charge in [-0.1, -0.05) is 51.1 Å². The largest absolute Gasteiger partial charge is 0.476 e. The van der Waals surface area contributed by atoms with Crippen LogP contribution in [0.15, 0.2) is 60.9 Å². The van der Waals surface area contributed by atoms with Crippen LogP contribution < -0.4 is 9.64 Å². The van der Waals surface area contributed by atoms with Crippen LogP contribution in [0.5, 0.6) is 5.75 Å². The zero-order valence-electron chi connectivity index (χ0n) is 20.5. The zero-order valence-corrected chi connectivity index (χ0v) is 20.5. The van der Waals surface area contributed by atoms with E-state index in [4.69, 9.17) is 9.72 Å². The molecule has 0 fully saturated rings. The van der Waals surface area contributed by atoms with Gasteiger partial charge in [-0.2, -0.15) is 0 Å². The molecule has 178 valence electrons. The summed E-state index contributed by atoms with van der Waals surface area (Å²) in [5.74, 6) is 0.515. The summed E-state index contributed by atoms with van der Waals surface area (Å²) in [5, 5.41) is 0. The molecule has 0 atom stereocenters. The minimum atomic E-state index is -0.977. The van der Waals surface area contributed by atoms with Crippen LogP contribution in [-0.4, -0.2) is 32.2 Å². The van der Waals surface area contributed by atoms with Crippen LogP contribution in [0.2, 0.25) is 0 Å². The molecule has 7 nitrogen and oxygen atoms in total. The molecule has 1 amide bonds. The van der Waals surface area contributed by atoms with E-state index < -0.39 is 11.0 Å². The highest BCUT2D eigenvalue weighted by molar-refractivity contribution is 6.08. The Kier molecular flexibility index (Phi) is 5.24. The molecule has 3 heterocycles. The first kappa shape index (κ1) is 22.8. The Labute approximate surface area is 204 Å². The second-order valence-electron chi connectivity index (χ2n) is 10.4. The normalized spacial score (nSPS) is 15.1. The van der Waals surface area contributed by atoms with Gasteiger partial charge in [0, 0.05) is 17.2 Å². The van der Waals surface area contributed by atoms with Gasteiger partial charge >= 0.3 is 0 Å². The maximum Gasteiger partial charge on any atom is 0.271 e. The molecule has 2 aromatic heterocycles. The van der Waals surface area contributed by atoms with E-state index >= 15 is 0 Å². The van der Waals surface area contributed by atoms with E-state index in [1.807, 2.05) is 69.3 Å². The van der Waals surface area contributed by atoms with E-state index in [0.717, 1.165) is 11.1 Å². The Morgan fingerprint density at radius 3 is 2.57 bits per heavy atom. The van der Waals surface area contributed by atoms with Crippen LogP contribution >= 0.6 is 0 Å². The number of ketones is 1. The lowest BCUT2D eigenvalue weighted by Crippen LogP contribution is -2.52. The number of carbonyl (C=O) groups excluding carboxylic acids is 2. The summed E-state index contributed by atoms with van der Waals surface area (Å²) in [6.45, 7) is 9.64. The molecule has 4 aromatic rings. The third-order valence-electron chi connectivity index (χ3n) is 6.16. The van der Waals surface area contributed by atoms with Gasteiger partial charge in [0.15, 0.2) is 17.0 Å². The lowest BCUT2D eigenvalue weighted by Gasteiger charge is -2.39. The fourth-order valence-corrected chi connectivity index (χ4v) is 4.26. The number of hydrogen-bond acceptors (Lipinski definition) is 5. The van der Waals surface area contributed by atoms with Crippen molar-refractivity contribution in [3.63, 3.8) is 0 Å². The number of H-pyrrole nitrogens is 1. The average Bonchev–Trinajstić information content (AvgIpc) is 3.24. The Morgan fingerprint density at radius 2 is 1.86 bits per heavy atom. The van der Waals surface area contributed by atoms with Crippen LogP contribution in [0, 0.1) is 5.41 Å². The summed E-state index contributed by atoms with van der Waals surface area (Å²) in [5.41, 5.74) is 3.19. The predicted octanol–water partition coefficient (Wildman–Crippen LogP) is 5.56. The van der Waals surface area contributed by atoms with Gasteiger partial charge in [-0.05, 0) is 37.6 Å². The standard InChI is InChI=1S/C28H28N4O3/c1-27(2,3)24(33)19-14-29-25-23(19)31-20(15-30-25)18-11-12-22-21(13-18)32(26(34)28(4,5)35-22)16-17-9-7-6-8-10-17/h6-15H,16H2,1-5H3,(H,29,30). The second kappa shape index (κ2) is 8.05. The number of benzene rings is 2. The first-order valence-electron chi connectivity index (χ1n) is 11.6. The Morgan fingerprint density at radius 1 is 1.11 bits per heavy atom. The monoisotopic (exact) mass is 468 g/mol. The Bertz CT molecular complexity index is 1450. The molecular formula is C28H28N4O3. The fraction of sp³-hybridized carbons (Fsp3) is 0.286. The number of ether oxygens (including phenoxy) is 1. The van der Waals surface area contributed by atoms with E-state index in [1.54, 1.807) is 31.1 Å². The van der Waals surface area contributed by atoms with Crippen molar-refractivity contribution < 1.29 is 14.3 Å². The van der Waals surface area contributed by atoms with E-state index in [9.17, 15) is 9.59 Å². The Balaban J connectivity index is 1.59. The first-order valence-corrected chi connectivity index (χ1v) is 11.6. The minimum absolute atomic E-state index is 0.00379. The number of nitrogens with zero attached hydrogens (tertiary/aromatic N) is 3. The third-order valence-corrected chi connectivity index (χ3v) is 6.16. The van der Waals surface area contributed by atoms with E-state index in [0.29, 0.717) is 40.4 Å². The number of anilines is 1. The summed E-state index contributed by atoms with van der Waals surface area (Å²) in [6.07, 6.45) is 3.34. The maximum absolute atomic E-state index is 13.3. The minimum Gasteiger partial charge on any atom is -0.476 e. The van der Waals surface area contributed by atoms with Gasteiger partial charge in [0.05, 0.1) is 29.7 Å². The molecule has 35 heavy (non-hydrogen) atoms. The summed E-state index contributed by atoms with van der Waals surface area (Å²) >= 11 is 0. The predicted molar refractivity (Wildman–Crippen MR) is 135 cm³/mol. The maximum atomic E-state index is 13.3. The van der Waals surface area contributed by atoms with Crippen molar-refractivity contribution in [3.05, 3.63) is 72.1 Å². The highest BCUT2D eigenvalue weighted by Crippen LogP contribution is 2.41. The van der Waals surface area contributed by atoms with Crippen molar-refractivity contribution in [2.45, 2.75) is 46.8 Å². The number of fused-ring (bicyclic) bond motifs is 2. The number of Topliss-reactive ketones (excluding diaryl/α,β-unsaturated/α-hetero) is 1. The van der Waals surface area contributed by atoms with Gasteiger partial charge in [-0.15, -0.1) is 0 Å². The van der Waals surface area contributed by atoms with Gasteiger partial charge < -0.3 is 14.6 Å². The number of hydrogen-bond donors (Lipinski definition) is 1. The number of aromatic amines is 1. The van der Waals surface area contributed by atoms with Crippen LogP contribution in [0.1, 0.15) is 50.5 Å². The van der Waals surface area contributed by atoms with Crippen molar-refractivity contribution in [2.24, 2.45) is 5.41 Å². The Hall–Kier alpha value is -4.00. The second-order valence-corrected chi connectivity index (χ2v) is 10.4. The summed E-state index contributed by atoms with van der Waals surface area (Å²) in [6, 6.07) is 15.5. The fourth-order valence-electron chi connectivity index (χ4n) is 4.26. The number of carbonyl (C=O) groups is 2. The molecule has 0 saturated carbocycles. The molecule has 1 aliphatic heterocycles.